The number of hydrogen-bond donors (Lipinski definition) is 1. The van der Waals surface area contributed by atoms with Crippen molar-refractivity contribution in [2.45, 2.75) is 11.8 Å². The molecule has 0 radical (unpaired) electrons. The summed E-state index contributed by atoms with van der Waals surface area (Å²) in [5.74, 6) is 0.935. The van der Waals surface area contributed by atoms with Crippen LogP contribution in [0.4, 0.5) is 11.4 Å². The topological polar surface area (TPSA) is 35.8 Å². The van der Waals surface area contributed by atoms with Gasteiger partial charge in [0.2, 0.25) is 0 Å². The Morgan fingerprint density at radius 3 is 2.58 bits per heavy atom. The monoisotopic (exact) mass is 288 g/mol. The number of nitrogens with one attached hydrogen (secondary N) is 1. The maximum absolute atomic E-state index is 9.34. The third-order valence-electron chi connectivity index (χ3n) is 2.58. The molecule has 1 N–H and O–H groups in total. The molecule has 0 atom stereocenters. The zero-order chi connectivity index (χ0) is 13.7. The van der Waals surface area contributed by atoms with Gasteiger partial charge in [-0.15, -0.1) is 11.8 Å². The molecule has 0 aliphatic carbocycles. The largest absolute Gasteiger partial charge is 0.353 e. The molecule has 2 aromatic rings. The Morgan fingerprint density at radius 1 is 1.16 bits per heavy atom. The molecule has 2 nitrogen and oxygen atoms in total. The van der Waals surface area contributed by atoms with Crippen molar-refractivity contribution in [3.63, 3.8) is 0 Å². The van der Waals surface area contributed by atoms with Crippen LogP contribution in [0.3, 0.4) is 0 Å². The first-order valence-electron chi connectivity index (χ1n) is 5.93. The normalized spacial score (nSPS) is 9.95. The molecule has 2 rings (SSSR count). The lowest BCUT2D eigenvalue weighted by Crippen LogP contribution is -1.95. The quantitative estimate of drug-likeness (QED) is 0.798. The molecular formula is C15H13ClN2S. The maximum Gasteiger partial charge on any atom is 0.103 e. The summed E-state index contributed by atoms with van der Waals surface area (Å²) < 4.78 is 0. The number of thioether (sulfide) groups is 1. The van der Waals surface area contributed by atoms with Gasteiger partial charge in [-0.1, -0.05) is 36.7 Å². The van der Waals surface area contributed by atoms with E-state index < -0.39 is 0 Å². The van der Waals surface area contributed by atoms with E-state index in [-0.39, 0.29) is 0 Å². The minimum atomic E-state index is 0.639. The summed E-state index contributed by atoms with van der Waals surface area (Å²) in [5.41, 5.74) is 2.25. The van der Waals surface area contributed by atoms with Crippen LogP contribution in [0.15, 0.2) is 47.4 Å². The second-order valence-electron chi connectivity index (χ2n) is 3.83. The van der Waals surface area contributed by atoms with Gasteiger partial charge in [0.05, 0.1) is 22.0 Å². The molecule has 2 aromatic carbocycles. The summed E-state index contributed by atoms with van der Waals surface area (Å²) in [5, 5.41) is 13.2. The molecule has 4 heteroatoms. The SMILES string of the molecule is CCSc1cccc(Nc2ccccc2Cl)c1C#N. The second-order valence-corrected chi connectivity index (χ2v) is 5.54. The highest BCUT2D eigenvalue weighted by Crippen LogP contribution is 2.31. The van der Waals surface area contributed by atoms with Crippen molar-refractivity contribution >= 4 is 34.7 Å². The molecule has 0 aromatic heterocycles. The molecule has 0 amide bonds. The zero-order valence-corrected chi connectivity index (χ0v) is 12.1. The Kier molecular flexibility index (Phi) is 4.73. The fraction of sp³-hybridized carbons (Fsp3) is 0.133. The number of benzene rings is 2. The molecule has 0 aliphatic rings. The third kappa shape index (κ3) is 3.23. The van der Waals surface area contributed by atoms with E-state index in [4.69, 9.17) is 11.6 Å². The average Bonchev–Trinajstić information content (AvgIpc) is 2.42. The van der Waals surface area contributed by atoms with Crippen LogP contribution in [-0.2, 0) is 0 Å². The van der Waals surface area contributed by atoms with E-state index in [1.54, 1.807) is 11.8 Å². The average molecular weight is 289 g/mol. The Morgan fingerprint density at radius 2 is 1.89 bits per heavy atom. The van der Waals surface area contributed by atoms with Crippen molar-refractivity contribution < 1.29 is 0 Å². The van der Waals surface area contributed by atoms with Crippen LogP contribution >= 0.6 is 23.4 Å². The molecule has 0 heterocycles. The molecule has 0 saturated carbocycles. The van der Waals surface area contributed by atoms with Crippen molar-refractivity contribution in [1.82, 2.24) is 0 Å². The van der Waals surface area contributed by atoms with Gasteiger partial charge in [0.25, 0.3) is 0 Å². The Bertz CT molecular complexity index is 620. The zero-order valence-electron chi connectivity index (χ0n) is 10.5. The van der Waals surface area contributed by atoms with Gasteiger partial charge in [0.15, 0.2) is 0 Å². The van der Waals surface area contributed by atoms with Crippen LogP contribution in [0.5, 0.6) is 0 Å². The van der Waals surface area contributed by atoms with Crippen molar-refractivity contribution in [2.24, 2.45) is 0 Å². The van der Waals surface area contributed by atoms with E-state index in [0.717, 1.165) is 22.0 Å². The summed E-state index contributed by atoms with van der Waals surface area (Å²) in [6.45, 7) is 2.07. The van der Waals surface area contributed by atoms with Crippen LogP contribution in [-0.4, -0.2) is 5.75 Å². The van der Waals surface area contributed by atoms with Crippen LogP contribution in [0.2, 0.25) is 5.02 Å². The highest BCUT2D eigenvalue weighted by atomic mass is 35.5. The van der Waals surface area contributed by atoms with E-state index >= 15 is 0 Å². The standard InChI is InChI=1S/C15H13ClN2S/c1-2-19-15-9-5-8-13(11(15)10-17)18-14-7-4-3-6-12(14)16/h3-9,18H,2H2,1H3. The van der Waals surface area contributed by atoms with Gasteiger partial charge in [-0.25, -0.2) is 0 Å². The molecule has 96 valence electrons. The lowest BCUT2D eigenvalue weighted by molar-refractivity contribution is 1.34. The number of nitriles is 1. The fourth-order valence-electron chi connectivity index (χ4n) is 1.73. The Balaban J connectivity index is 2.38. The number of rotatable bonds is 4. The summed E-state index contributed by atoms with van der Waals surface area (Å²) in [6, 6.07) is 15.6. The van der Waals surface area contributed by atoms with Crippen LogP contribution in [0, 0.1) is 11.3 Å². The van der Waals surface area contributed by atoms with Crippen LogP contribution < -0.4 is 5.32 Å². The van der Waals surface area contributed by atoms with Crippen LogP contribution in [0.25, 0.3) is 0 Å². The third-order valence-corrected chi connectivity index (χ3v) is 3.85. The van der Waals surface area contributed by atoms with Gasteiger partial charge in [-0.3, -0.25) is 0 Å². The van der Waals surface area contributed by atoms with Crippen molar-refractivity contribution in [3.8, 4) is 6.07 Å². The molecule has 0 spiro atoms. The van der Waals surface area contributed by atoms with E-state index in [2.05, 4.69) is 18.3 Å². The van der Waals surface area contributed by atoms with E-state index in [0.29, 0.717) is 10.6 Å². The van der Waals surface area contributed by atoms with Gasteiger partial charge < -0.3 is 5.32 Å². The van der Waals surface area contributed by atoms with Crippen molar-refractivity contribution in [1.29, 1.82) is 5.26 Å². The highest BCUT2D eigenvalue weighted by Gasteiger charge is 2.09. The van der Waals surface area contributed by atoms with Crippen LogP contribution in [0.1, 0.15) is 12.5 Å². The van der Waals surface area contributed by atoms with E-state index in [9.17, 15) is 5.26 Å². The molecule has 0 bridgehead atoms. The highest BCUT2D eigenvalue weighted by molar-refractivity contribution is 7.99. The molecule has 0 unspecified atom stereocenters. The molecule has 0 fully saturated rings. The first kappa shape index (κ1) is 13.8. The fourth-order valence-corrected chi connectivity index (χ4v) is 2.70. The predicted octanol–water partition coefficient (Wildman–Crippen LogP) is 5.07. The van der Waals surface area contributed by atoms with Crippen molar-refractivity contribution in [3.05, 3.63) is 53.1 Å². The summed E-state index contributed by atoms with van der Waals surface area (Å²) in [6.07, 6.45) is 0. The minimum Gasteiger partial charge on any atom is -0.353 e. The Hall–Kier alpha value is -1.63. The van der Waals surface area contributed by atoms with Crippen molar-refractivity contribution in [2.75, 3.05) is 11.1 Å². The summed E-state index contributed by atoms with van der Waals surface area (Å²) in [4.78, 5) is 0.988. The van der Waals surface area contributed by atoms with E-state index in [1.165, 1.54) is 0 Å². The van der Waals surface area contributed by atoms with Gasteiger partial charge >= 0.3 is 0 Å². The van der Waals surface area contributed by atoms with Gasteiger partial charge in [-0.05, 0) is 30.0 Å². The van der Waals surface area contributed by atoms with E-state index in [1.807, 2.05) is 42.5 Å². The first-order chi connectivity index (χ1) is 9.26. The second kappa shape index (κ2) is 6.51. The molecule has 0 saturated heterocycles. The summed E-state index contributed by atoms with van der Waals surface area (Å²) in [7, 11) is 0. The van der Waals surface area contributed by atoms with Gasteiger partial charge in [-0.2, -0.15) is 5.26 Å². The summed E-state index contributed by atoms with van der Waals surface area (Å²) >= 11 is 7.78. The van der Waals surface area contributed by atoms with Gasteiger partial charge in [0, 0.05) is 4.90 Å². The first-order valence-corrected chi connectivity index (χ1v) is 7.30. The maximum atomic E-state index is 9.34. The minimum absolute atomic E-state index is 0.639. The smallest absolute Gasteiger partial charge is 0.103 e. The number of anilines is 2. The number of nitrogens with zero attached hydrogens (tertiary/aromatic N) is 1. The Labute approximate surface area is 122 Å². The lowest BCUT2D eigenvalue weighted by atomic mass is 10.2. The molecule has 0 aliphatic heterocycles. The number of para-hydroxylation sites is 1. The predicted molar refractivity (Wildman–Crippen MR) is 82.3 cm³/mol. The molecular weight excluding hydrogens is 276 g/mol. The number of halogens is 1. The van der Waals surface area contributed by atoms with Gasteiger partial charge in [0.1, 0.15) is 6.07 Å². The lowest BCUT2D eigenvalue weighted by Gasteiger charge is -2.12. The molecule has 19 heavy (non-hydrogen) atoms. The number of hydrogen-bond acceptors (Lipinski definition) is 3.